The Bertz CT molecular complexity index is 1140. The minimum Gasteiger partial charge on any atom is -0.255 e. The lowest BCUT2D eigenvalue weighted by Crippen LogP contribution is -2.28. The van der Waals surface area contributed by atoms with Gasteiger partial charge < -0.3 is 0 Å². The van der Waals surface area contributed by atoms with Crippen molar-refractivity contribution in [1.29, 1.82) is 0 Å². The van der Waals surface area contributed by atoms with Gasteiger partial charge in [-0.1, -0.05) is 44.3 Å². The highest BCUT2D eigenvalue weighted by atomic mass is 15.3. The first kappa shape index (κ1) is 13.9. The van der Waals surface area contributed by atoms with Gasteiger partial charge in [-0.05, 0) is 29.0 Å². The zero-order valence-corrected chi connectivity index (χ0v) is 14.5. The Labute approximate surface area is 140 Å². The maximum absolute atomic E-state index is 4.82. The lowest BCUT2D eigenvalue weighted by molar-refractivity contribution is -0.658. The first-order valence-corrected chi connectivity index (χ1v) is 8.71. The summed E-state index contributed by atoms with van der Waals surface area (Å²) in [6, 6.07) is 6.71. The van der Waals surface area contributed by atoms with Crippen LogP contribution in [0.3, 0.4) is 0 Å². The van der Waals surface area contributed by atoms with Gasteiger partial charge in [0, 0.05) is 22.2 Å². The molecule has 1 aliphatic heterocycles. The fourth-order valence-corrected chi connectivity index (χ4v) is 4.18. The van der Waals surface area contributed by atoms with Gasteiger partial charge in [-0.3, -0.25) is 4.98 Å². The number of rotatable bonds is 2. The summed E-state index contributed by atoms with van der Waals surface area (Å²) < 4.78 is 4.39. The van der Waals surface area contributed by atoms with E-state index in [0.717, 1.165) is 12.1 Å². The normalized spacial score (nSPS) is 13.6. The molecule has 0 fully saturated rings. The van der Waals surface area contributed by atoms with Crippen LogP contribution in [0.25, 0.3) is 27.5 Å². The molecule has 0 amide bonds. The van der Waals surface area contributed by atoms with E-state index < -0.39 is 0 Å². The van der Waals surface area contributed by atoms with Gasteiger partial charge in [-0.2, -0.15) is 0 Å². The number of hydrogen-bond donors (Lipinski definition) is 0. The molecule has 0 bridgehead atoms. The van der Waals surface area contributed by atoms with E-state index in [4.69, 9.17) is 10.1 Å². The van der Waals surface area contributed by atoms with Crippen molar-refractivity contribution < 1.29 is 4.57 Å². The molecule has 0 saturated heterocycles. The van der Waals surface area contributed by atoms with E-state index in [2.05, 4.69) is 55.0 Å². The minimum absolute atomic E-state index is 0.441. The highest BCUT2D eigenvalue weighted by molar-refractivity contribution is 6.12. The largest absolute Gasteiger partial charge is 0.276 e. The van der Waals surface area contributed by atoms with Gasteiger partial charge >= 0.3 is 0 Å². The fraction of sp³-hybridized carbons (Fsp3) is 0.350. The van der Waals surface area contributed by atoms with Crippen molar-refractivity contribution in [3.05, 3.63) is 47.4 Å². The van der Waals surface area contributed by atoms with Crippen LogP contribution in [0.5, 0.6) is 0 Å². The smallest absolute Gasteiger partial charge is 0.255 e. The molecule has 24 heavy (non-hydrogen) atoms. The quantitative estimate of drug-likeness (QED) is 0.365. The van der Waals surface area contributed by atoms with Crippen LogP contribution < -0.4 is 4.57 Å². The van der Waals surface area contributed by atoms with Crippen LogP contribution in [0.15, 0.2) is 30.7 Å². The highest BCUT2D eigenvalue weighted by Gasteiger charge is 2.30. The zero-order valence-electron chi connectivity index (χ0n) is 14.5. The van der Waals surface area contributed by atoms with Crippen molar-refractivity contribution in [2.45, 2.75) is 46.1 Å². The first-order valence-electron chi connectivity index (χ1n) is 8.71. The summed E-state index contributed by atoms with van der Waals surface area (Å²) >= 11 is 0. The number of nitrogens with zero attached hydrogens (tertiary/aromatic N) is 4. The molecule has 0 saturated carbocycles. The van der Waals surface area contributed by atoms with Gasteiger partial charge in [0.15, 0.2) is 5.52 Å². The number of benzene rings is 1. The van der Waals surface area contributed by atoms with Crippen LogP contribution in [0, 0.1) is 0 Å². The number of aromatic nitrogens is 4. The van der Waals surface area contributed by atoms with E-state index in [1.165, 1.54) is 38.6 Å². The molecule has 1 aromatic carbocycles. The summed E-state index contributed by atoms with van der Waals surface area (Å²) in [5.41, 5.74) is 7.59. The van der Waals surface area contributed by atoms with Crippen molar-refractivity contribution in [3.8, 4) is 0 Å². The Balaban J connectivity index is 2.17. The fourth-order valence-electron chi connectivity index (χ4n) is 4.18. The summed E-state index contributed by atoms with van der Waals surface area (Å²) in [7, 11) is 0. The molecular formula is C20H21N4+. The third-order valence-electron chi connectivity index (χ3n) is 5.31. The molecule has 0 radical (unpaired) electrons. The second-order valence-electron chi connectivity index (χ2n) is 7.46. The van der Waals surface area contributed by atoms with Crippen molar-refractivity contribution in [2.24, 2.45) is 0 Å². The van der Waals surface area contributed by atoms with Crippen molar-refractivity contribution in [2.75, 3.05) is 0 Å². The average molecular weight is 317 g/mol. The molecule has 3 aromatic heterocycles. The Morgan fingerprint density at radius 3 is 2.50 bits per heavy atom. The highest BCUT2D eigenvalue weighted by Crippen LogP contribution is 2.38. The Hall–Kier alpha value is -2.49. The van der Waals surface area contributed by atoms with Crippen molar-refractivity contribution in [3.63, 3.8) is 0 Å². The van der Waals surface area contributed by atoms with E-state index in [1.807, 2.05) is 12.5 Å². The lowest BCUT2D eigenvalue weighted by Gasteiger charge is -2.15. The second kappa shape index (κ2) is 4.53. The molecule has 0 spiro atoms. The Morgan fingerprint density at radius 2 is 1.75 bits per heavy atom. The monoisotopic (exact) mass is 317 g/mol. The molecule has 0 unspecified atom stereocenters. The molecule has 5 rings (SSSR count). The predicted molar refractivity (Wildman–Crippen MR) is 95.5 cm³/mol. The van der Waals surface area contributed by atoms with Gasteiger partial charge in [-0.15, -0.1) is 0 Å². The second-order valence-corrected chi connectivity index (χ2v) is 7.46. The molecule has 4 heteroatoms. The maximum atomic E-state index is 4.82. The Morgan fingerprint density at radius 1 is 1.00 bits per heavy atom. The van der Waals surface area contributed by atoms with Crippen LogP contribution in [0.4, 0.5) is 0 Å². The van der Waals surface area contributed by atoms with E-state index in [1.54, 1.807) is 0 Å². The first-order chi connectivity index (χ1) is 11.6. The molecule has 4 heterocycles. The molecular weight excluding hydrogens is 296 g/mol. The molecule has 120 valence electrons. The third-order valence-corrected chi connectivity index (χ3v) is 5.31. The Kier molecular flexibility index (Phi) is 2.62. The average Bonchev–Trinajstić information content (AvgIpc) is 3.12. The van der Waals surface area contributed by atoms with Gasteiger partial charge in [0.1, 0.15) is 0 Å². The molecule has 0 N–H and O–H groups in total. The summed E-state index contributed by atoms with van der Waals surface area (Å²) in [6.45, 7) is 9.91. The summed E-state index contributed by atoms with van der Waals surface area (Å²) in [5, 5.41) is 7.28. The summed E-state index contributed by atoms with van der Waals surface area (Å²) in [5.74, 6) is 0.888. The molecule has 1 aliphatic rings. The van der Waals surface area contributed by atoms with Gasteiger partial charge in [0.25, 0.3) is 12.0 Å². The standard InChI is InChI=1S/C20H21N4/c1-11(2)14-5-6-15(12(3)4)19-17(14)18-16-13(7-8-21-18)9-23-10-22-24(19)20(16)23/h5-8,10-12H,9H2,1-4H3/q+1. The molecule has 4 aromatic rings. The molecule has 0 aliphatic carbocycles. The lowest BCUT2D eigenvalue weighted by atomic mass is 9.90. The van der Waals surface area contributed by atoms with E-state index in [-0.39, 0.29) is 0 Å². The third kappa shape index (κ3) is 1.56. The zero-order chi connectivity index (χ0) is 16.6. The summed E-state index contributed by atoms with van der Waals surface area (Å²) in [6.07, 6.45) is 3.92. The summed E-state index contributed by atoms with van der Waals surface area (Å²) in [4.78, 5) is 4.82. The SMILES string of the molecule is CC(C)c1ccc(C(C)C)c2c1c1nccc3c1c1n2nc[n+]1C3. The van der Waals surface area contributed by atoms with E-state index in [9.17, 15) is 0 Å². The van der Waals surface area contributed by atoms with Crippen LogP contribution >= 0.6 is 0 Å². The topological polar surface area (TPSA) is 34.1 Å². The van der Waals surface area contributed by atoms with Crippen LogP contribution in [0.1, 0.15) is 56.2 Å². The number of fused-ring (bicyclic) bond motifs is 3. The van der Waals surface area contributed by atoms with Crippen LogP contribution in [0.2, 0.25) is 0 Å². The van der Waals surface area contributed by atoms with E-state index >= 15 is 0 Å². The van der Waals surface area contributed by atoms with Crippen molar-refractivity contribution >= 4 is 27.5 Å². The number of hydrogen-bond acceptors (Lipinski definition) is 2. The van der Waals surface area contributed by atoms with Gasteiger partial charge in [-0.25, -0.2) is 4.57 Å². The van der Waals surface area contributed by atoms with Crippen LogP contribution in [-0.2, 0) is 6.54 Å². The van der Waals surface area contributed by atoms with Crippen molar-refractivity contribution in [1.82, 2.24) is 14.6 Å². The maximum Gasteiger partial charge on any atom is 0.276 e. The van der Waals surface area contributed by atoms with Crippen LogP contribution in [-0.4, -0.2) is 14.6 Å². The van der Waals surface area contributed by atoms with E-state index in [0.29, 0.717) is 11.8 Å². The molecule has 4 nitrogen and oxygen atoms in total. The van der Waals surface area contributed by atoms with Gasteiger partial charge in [0.2, 0.25) is 0 Å². The van der Waals surface area contributed by atoms with Gasteiger partial charge in [0.05, 0.1) is 17.4 Å². The number of pyridine rings is 2. The minimum atomic E-state index is 0.441. The molecule has 0 atom stereocenters. The predicted octanol–water partition coefficient (Wildman–Crippen LogP) is 3.93.